The van der Waals surface area contributed by atoms with Crippen LogP contribution in [0.3, 0.4) is 0 Å². The van der Waals surface area contributed by atoms with Gasteiger partial charge in [-0.15, -0.1) is 0 Å². The molecule has 2 N–H and O–H groups in total. The monoisotopic (exact) mass is 575 g/mol. The first-order chi connectivity index (χ1) is 19.0. The summed E-state index contributed by atoms with van der Waals surface area (Å²) < 4.78 is 10.9. The summed E-state index contributed by atoms with van der Waals surface area (Å²) in [6, 6.07) is 32.0. The van der Waals surface area contributed by atoms with Crippen LogP contribution < -0.4 is 14.2 Å². The first kappa shape index (κ1) is 29.7. The van der Waals surface area contributed by atoms with Gasteiger partial charge in [-0.1, -0.05) is 61.7 Å². The van der Waals surface area contributed by atoms with Crippen molar-refractivity contribution in [2.24, 2.45) is 0 Å². The number of rotatable bonds is 9. The SMILES string of the molecule is O=C(c1ccc(Oc2ccccc2)cc1)N(Cc1ccc(C2CCCCC2)cc1)c1ccc(OP(O)O)cc1.P. The van der Waals surface area contributed by atoms with Crippen LogP contribution in [0.5, 0.6) is 17.2 Å². The molecule has 5 rings (SSSR count). The third-order valence-corrected chi connectivity index (χ3v) is 7.43. The minimum absolute atomic E-state index is 0. The molecule has 1 aliphatic rings. The zero-order chi connectivity index (χ0) is 27.0. The number of anilines is 1. The average Bonchev–Trinajstić information content (AvgIpc) is 2.97. The van der Waals surface area contributed by atoms with Gasteiger partial charge in [-0.05, 0) is 90.6 Å². The Morgan fingerprint density at radius 1 is 0.750 bits per heavy atom. The highest BCUT2D eigenvalue weighted by atomic mass is 31.2. The standard InChI is InChI=1S/C32H32NO5P.H3P/c34-32(27-15-19-30(20-16-27)37-29-9-5-2-6-10-29)33(28-17-21-31(22-18-28)38-39(35)36)23-24-11-13-26(14-12-24)25-7-3-1-4-8-25;/h2,5-6,9-22,25,35-36H,1,3-4,7-8,23H2;1H3. The Morgan fingerprint density at radius 3 is 1.98 bits per heavy atom. The van der Waals surface area contributed by atoms with E-state index in [1.54, 1.807) is 53.4 Å². The van der Waals surface area contributed by atoms with Crippen LogP contribution in [0.1, 0.15) is 59.5 Å². The number of para-hydroxylation sites is 1. The van der Waals surface area contributed by atoms with Gasteiger partial charge in [-0.3, -0.25) is 4.79 Å². The molecular weight excluding hydrogens is 540 g/mol. The van der Waals surface area contributed by atoms with E-state index in [9.17, 15) is 14.6 Å². The van der Waals surface area contributed by atoms with E-state index in [4.69, 9.17) is 9.26 Å². The number of amides is 1. The Morgan fingerprint density at radius 2 is 1.35 bits per heavy atom. The molecule has 1 amide bonds. The summed E-state index contributed by atoms with van der Waals surface area (Å²) in [6.07, 6.45) is 6.39. The highest BCUT2D eigenvalue weighted by molar-refractivity contribution is 7.39. The number of carbonyl (C=O) groups is 1. The summed E-state index contributed by atoms with van der Waals surface area (Å²) in [5.41, 5.74) is 3.61. The number of nitrogens with zero attached hydrogens (tertiary/aromatic N) is 1. The Labute approximate surface area is 240 Å². The molecule has 1 atom stereocenters. The predicted molar refractivity (Wildman–Crippen MR) is 165 cm³/mol. The molecule has 1 aliphatic carbocycles. The summed E-state index contributed by atoms with van der Waals surface area (Å²) in [5.74, 6) is 2.16. The van der Waals surface area contributed by atoms with E-state index in [2.05, 4.69) is 24.3 Å². The van der Waals surface area contributed by atoms with Crippen LogP contribution in [-0.2, 0) is 6.54 Å². The minimum atomic E-state index is -2.51. The maximum atomic E-state index is 13.8. The number of benzene rings is 4. The number of hydrogen-bond donors (Lipinski definition) is 2. The third kappa shape index (κ3) is 7.90. The van der Waals surface area contributed by atoms with Crippen molar-refractivity contribution in [3.05, 3.63) is 120 Å². The lowest BCUT2D eigenvalue weighted by Crippen LogP contribution is -2.30. The van der Waals surface area contributed by atoms with Crippen LogP contribution in [-0.4, -0.2) is 15.7 Å². The van der Waals surface area contributed by atoms with E-state index in [-0.39, 0.29) is 15.8 Å². The Bertz CT molecular complexity index is 1340. The Kier molecular flexibility index (Phi) is 10.7. The van der Waals surface area contributed by atoms with Gasteiger partial charge in [-0.2, -0.15) is 9.90 Å². The zero-order valence-corrected chi connectivity index (χ0v) is 24.7. The quantitative estimate of drug-likeness (QED) is 0.198. The van der Waals surface area contributed by atoms with Crippen molar-refractivity contribution in [3.8, 4) is 17.2 Å². The summed E-state index contributed by atoms with van der Waals surface area (Å²) in [6.45, 7) is 0.388. The predicted octanol–water partition coefficient (Wildman–Crippen LogP) is 8.02. The van der Waals surface area contributed by atoms with E-state index < -0.39 is 8.60 Å². The van der Waals surface area contributed by atoms with Gasteiger partial charge in [0.15, 0.2) is 0 Å². The molecule has 1 fully saturated rings. The lowest BCUT2D eigenvalue weighted by atomic mass is 9.84. The fourth-order valence-electron chi connectivity index (χ4n) is 5.02. The van der Waals surface area contributed by atoms with Crippen LogP contribution in [0.2, 0.25) is 0 Å². The van der Waals surface area contributed by atoms with Crippen LogP contribution in [0.25, 0.3) is 0 Å². The second-order valence-electron chi connectivity index (χ2n) is 9.75. The van der Waals surface area contributed by atoms with Crippen molar-refractivity contribution >= 4 is 30.1 Å². The molecule has 208 valence electrons. The molecule has 0 spiro atoms. The molecule has 0 bridgehead atoms. The molecule has 4 aromatic carbocycles. The fourth-order valence-corrected chi connectivity index (χ4v) is 5.33. The van der Waals surface area contributed by atoms with Gasteiger partial charge in [0.1, 0.15) is 17.2 Å². The molecule has 0 aromatic heterocycles. The maximum absolute atomic E-state index is 13.8. The number of ether oxygens (including phenoxy) is 1. The fraction of sp³-hybridized carbons (Fsp3) is 0.219. The summed E-state index contributed by atoms with van der Waals surface area (Å²) >= 11 is 0. The molecule has 4 aromatic rings. The van der Waals surface area contributed by atoms with Crippen LogP contribution in [0.4, 0.5) is 5.69 Å². The molecular formula is C32H35NO5P2. The maximum Gasteiger partial charge on any atom is 0.391 e. The minimum Gasteiger partial charge on any atom is -0.457 e. The molecule has 0 radical (unpaired) electrons. The van der Waals surface area contributed by atoms with Gasteiger partial charge in [-0.25, -0.2) is 0 Å². The van der Waals surface area contributed by atoms with Gasteiger partial charge >= 0.3 is 8.60 Å². The van der Waals surface area contributed by atoms with Crippen LogP contribution >= 0.6 is 18.5 Å². The second kappa shape index (κ2) is 14.4. The Hall–Kier alpha value is -3.27. The molecule has 6 nitrogen and oxygen atoms in total. The van der Waals surface area contributed by atoms with E-state index in [0.717, 1.165) is 11.3 Å². The highest BCUT2D eigenvalue weighted by Gasteiger charge is 2.20. The van der Waals surface area contributed by atoms with Crippen LogP contribution in [0, 0.1) is 0 Å². The Balaban J connectivity index is 0.00000370. The molecule has 0 aliphatic heterocycles. The zero-order valence-electron chi connectivity index (χ0n) is 22.4. The van der Waals surface area contributed by atoms with Gasteiger partial charge in [0, 0.05) is 11.3 Å². The van der Waals surface area contributed by atoms with Gasteiger partial charge < -0.3 is 23.9 Å². The molecule has 0 heterocycles. The van der Waals surface area contributed by atoms with Crippen molar-refractivity contribution in [1.82, 2.24) is 0 Å². The van der Waals surface area contributed by atoms with Gasteiger partial charge in [0.2, 0.25) is 0 Å². The lowest BCUT2D eigenvalue weighted by Gasteiger charge is -2.25. The van der Waals surface area contributed by atoms with Crippen molar-refractivity contribution < 1.29 is 23.8 Å². The molecule has 1 unspecified atom stereocenters. The topological polar surface area (TPSA) is 79.2 Å². The lowest BCUT2D eigenvalue weighted by molar-refractivity contribution is 0.0985. The van der Waals surface area contributed by atoms with Gasteiger partial charge in [0.05, 0.1) is 6.54 Å². The van der Waals surface area contributed by atoms with Crippen LogP contribution in [0.15, 0.2) is 103 Å². The summed E-state index contributed by atoms with van der Waals surface area (Å²) in [5, 5.41) is 0. The smallest absolute Gasteiger partial charge is 0.391 e. The van der Waals surface area contributed by atoms with E-state index in [0.29, 0.717) is 35.2 Å². The average molecular weight is 576 g/mol. The van der Waals surface area contributed by atoms with E-state index >= 15 is 0 Å². The van der Waals surface area contributed by atoms with Crippen molar-refractivity contribution in [2.75, 3.05) is 4.90 Å². The first-order valence-electron chi connectivity index (χ1n) is 13.2. The van der Waals surface area contributed by atoms with E-state index in [1.165, 1.54) is 37.7 Å². The van der Waals surface area contributed by atoms with Crippen molar-refractivity contribution in [3.63, 3.8) is 0 Å². The molecule has 8 heteroatoms. The number of hydrogen-bond acceptors (Lipinski definition) is 5. The molecule has 40 heavy (non-hydrogen) atoms. The van der Waals surface area contributed by atoms with Crippen molar-refractivity contribution in [1.29, 1.82) is 0 Å². The van der Waals surface area contributed by atoms with E-state index in [1.807, 2.05) is 30.3 Å². The van der Waals surface area contributed by atoms with Gasteiger partial charge in [0.25, 0.3) is 5.91 Å². The molecule has 1 saturated carbocycles. The largest absolute Gasteiger partial charge is 0.457 e. The molecule has 0 saturated heterocycles. The highest BCUT2D eigenvalue weighted by Crippen LogP contribution is 2.34. The normalized spacial score (nSPS) is 13.4. The summed E-state index contributed by atoms with van der Waals surface area (Å²) in [4.78, 5) is 33.8. The summed E-state index contributed by atoms with van der Waals surface area (Å²) in [7, 11) is -2.51. The third-order valence-electron chi connectivity index (χ3n) is 7.06. The second-order valence-corrected chi connectivity index (χ2v) is 10.4. The number of carbonyl (C=O) groups excluding carboxylic acids is 1. The first-order valence-corrected chi connectivity index (χ1v) is 14.4. The van der Waals surface area contributed by atoms with Crippen molar-refractivity contribution in [2.45, 2.75) is 44.6 Å².